The zero-order valence-electron chi connectivity index (χ0n) is 10.7. The highest BCUT2D eigenvalue weighted by Crippen LogP contribution is 2.19. The van der Waals surface area contributed by atoms with Crippen LogP contribution < -0.4 is 0 Å². The largest absolute Gasteiger partial charge is 0.294 e. The molecule has 0 fully saturated rings. The Morgan fingerprint density at radius 2 is 1.75 bits per heavy atom. The maximum absolute atomic E-state index is 12.4. The van der Waals surface area contributed by atoms with Crippen LogP contribution in [0.4, 0.5) is 0 Å². The Morgan fingerprint density at radius 3 is 2.55 bits per heavy atom. The molecule has 3 aromatic rings. The van der Waals surface area contributed by atoms with Gasteiger partial charge in [0, 0.05) is 34.8 Å². The molecule has 2 nitrogen and oxygen atoms in total. The minimum absolute atomic E-state index is 0.0663. The summed E-state index contributed by atoms with van der Waals surface area (Å²) in [5.41, 5.74) is 1.62. The van der Waals surface area contributed by atoms with Gasteiger partial charge in [0.1, 0.15) is 0 Å². The summed E-state index contributed by atoms with van der Waals surface area (Å²) in [6.07, 6.45) is 3.77. The molecule has 2 aromatic carbocycles. The Kier molecular flexibility index (Phi) is 3.48. The van der Waals surface area contributed by atoms with Gasteiger partial charge in [0.05, 0.1) is 0 Å². The van der Waals surface area contributed by atoms with Crippen LogP contribution in [0.15, 0.2) is 60.9 Å². The van der Waals surface area contributed by atoms with Crippen molar-refractivity contribution in [2.45, 2.75) is 6.42 Å². The SMILES string of the molecule is O=C(Cc1ccc(Cl)cc1)c1cncc2ccccc12. The Balaban J connectivity index is 1.94. The number of Topliss-reactive ketones (excluding diaryl/α,β-unsaturated/α-hetero) is 1. The van der Waals surface area contributed by atoms with Gasteiger partial charge in [-0.2, -0.15) is 0 Å². The summed E-state index contributed by atoms with van der Waals surface area (Å²) >= 11 is 5.85. The minimum atomic E-state index is 0.0663. The number of fused-ring (bicyclic) bond motifs is 1. The first-order valence-corrected chi connectivity index (χ1v) is 6.72. The lowest BCUT2D eigenvalue weighted by atomic mass is 10.00. The van der Waals surface area contributed by atoms with E-state index in [1.807, 2.05) is 36.4 Å². The molecular formula is C17H12ClNO. The molecule has 0 atom stereocenters. The summed E-state index contributed by atoms with van der Waals surface area (Å²) < 4.78 is 0. The normalized spacial score (nSPS) is 10.7. The van der Waals surface area contributed by atoms with Crippen LogP contribution in [0.2, 0.25) is 5.02 Å². The van der Waals surface area contributed by atoms with Crippen molar-refractivity contribution < 1.29 is 4.79 Å². The predicted octanol–water partition coefficient (Wildman–Crippen LogP) is 4.31. The first-order valence-electron chi connectivity index (χ1n) is 6.34. The lowest BCUT2D eigenvalue weighted by Crippen LogP contribution is -2.04. The fourth-order valence-corrected chi connectivity index (χ4v) is 2.35. The van der Waals surface area contributed by atoms with Crippen molar-refractivity contribution in [2.75, 3.05) is 0 Å². The van der Waals surface area contributed by atoms with Crippen LogP contribution in [0.5, 0.6) is 0 Å². The van der Waals surface area contributed by atoms with E-state index >= 15 is 0 Å². The van der Waals surface area contributed by atoms with Gasteiger partial charge in [-0.25, -0.2) is 0 Å². The number of hydrogen-bond acceptors (Lipinski definition) is 2. The van der Waals surface area contributed by atoms with E-state index in [1.54, 1.807) is 24.5 Å². The predicted molar refractivity (Wildman–Crippen MR) is 81.2 cm³/mol. The maximum atomic E-state index is 12.4. The van der Waals surface area contributed by atoms with E-state index in [1.165, 1.54) is 0 Å². The second kappa shape index (κ2) is 5.43. The molecule has 1 heterocycles. The molecule has 98 valence electrons. The second-order valence-corrected chi connectivity index (χ2v) is 5.07. The Bertz CT molecular complexity index is 760. The molecule has 3 heteroatoms. The minimum Gasteiger partial charge on any atom is -0.294 e. The topological polar surface area (TPSA) is 30.0 Å². The Morgan fingerprint density at radius 1 is 1.00 bits per heavy atom. The van der Waals surface area contributed by atoms with Gasteiger partial charge in [-0.3, -0.25) is 9.78 Å². The van der Waals surface area contributed by atoms with Crippen molar-refractivity contribution in [2.24, 2.45) is 0 Å². The van der Waals surface area contributed by atoms with Gasteiger partial charge >= 0.3 is 0 Å². The Hall–Kier alpha value is -2.19. The molecule has 1 aromatic heterocycles. The van der Waals surface area contributed by atoms with E-state index in [0.29, 0.717) is 17.0 Å². The van der Waals surface area contributed by atoms with Gasteiger partial charge < -0.3 is 0 Å². The number of benzene rings is 2. The molecule has 3 rings (SSSR count). The molecule has 0 aliphatic carbocycles. The zero-order chi connectivity index (χ0) is 13.9. The molecule has 0 N–H and O–H groups in total. The zero-order valence-corrected chi connectivity index (χ0v) is 11.5. The van der Waals surface area contributed by atoms with Crippen LogP contribution in [0.25, 0.3) is 10.8 Å². The number of pyridine rings is 1. The summed E-state index contributed by atoms with van der Waals surface area (Å²) in [6, 6.07) is 15.1. The molecular weight excluding hydrogens is 270 g/mol. The highest BCUT2D eigenvalue weighted by Gasteiger charge is 2.11. The number of rotatable bonds is 3. The molecule has 20 heavy (non-hydrogen) atoms. The summed E-state index contributed by atoms with van der Waals surface area (Å²) in [7, 11) is 0. The number of carbonyl (C=O) groups is 1. The molecule has 0 saturated carbocycles. The molecule has 0 radical (unpaired) electrons. The van der Waals surface area contributed by atoms with Crippen molar-refractivity contribution in [3.8, 4) is 0 Å². The lowest BCUT2D eigenvalue weighted by Gasteiger charge is -2.05. The van der Waals surface area contributed by atoms with E-state index in [4.69, 9.17) is 11.6 Å². The van der Waals surface area contributed by atoms with Gasteiger partial charge in [0.25, 0.3) is 0 Å². The fourth-order valence-electron chi connectivity index (χ4n) is 2.22. The molecule has 0 bridgehead atoms. The summed E-state index contributed by atoms with van der Waals surface area (Å²) in [5.74, 6) is 0.0663. The highest BCUT2D eigenvalue weighted by molar-refractivity contribution is 6.30. The monoisotopic (exact) mass is 281 g/mol. The number of halogens is 1. The quantitative estimate of drug-likeness (QED) is 0.670. The molecule has 0 aliphatic heterocycles. The fraction of sp³-hybridized carbons (Fsp3) is 0.0588. The van der Waals surface area contributed by atoms with Crippen LogP contribution in [0.1, 0.15) is 15.9 Å². The lowest BCUT2D eigenvalue weighted by molar-refractivity contribution is 0.0994. The van der Waals surface area contributed by atoms with Crippen molar-refractivity contribution in [3.63, 3.8) is 0 Å². The maximum Gasteiger partial charge on any atom is 0.169 e. The van der Waals surface area contributed by atoms with Gasteiger partial charge in [0.2, 0.25) is 0 Å². The molecule has 0 saturated heterocycles. The second-order valence-electron chi connectivity index (χ2n) is 4.63. The number of ketones is 1. The van der Waals surface area contributed by atoms with E-state index in [-0.39, 0.29) is 5.78 Å². The number of aromatic nitrogens is 1. The standard InChI is InChI=1S/C17H12ClNO/c18-14-7-5-12(6-8-14)9-17(20)16-11-19-10-13-3-1-2-4-15(13)16/h1-8,10-11H,9H2. The Labute approximate surface area is 122 Å². The van der Waals surface area contributed by atoms with Crippen LogP contribution >= 0.6 is 11.6 Å². The third kappa shape index (κ3) is 2.56. The first kappa shape index (κ1) is 12.8. The van der Waals surface area contributed by atoms with E-state index in [0.717, 1.165) is 16.3 Å². The highest BCUT2D eigenvalue weighted by atomic mass is 35.5. The van der Waals surface area contributed by atoms with Crippen molar-refractivity contribution in [1.29, 1.82) is 0 Å². The molecule has 0 unspecified atom stereocenters. The summed E-state index contributed by atoms with van der Waals surface area (Å²) in [5, 5.41) is 2.60. The molecule has 0 aliphatic rings. The van der Waals surface area contributed by atoms with Crippen molar-refractivity contribution >= 4 is 28.2 Å². The number of nitrogens with zero attached hydrogens (tertiary/aromatic N) is 1. The third-order valence-corrected chi connectivity index (χ3v) is 3.50. The van der Waals surface area contributed by atoms with Crippen LogP contribution in [-0.4, -0.2) is 10.8 Å². The molecule has 0 amide bonds. The number of carbonyl (C=O) groups excluding carboxylic acids is 1. The van der Waals surface area contributed by atoms with E-state index in [9.17, 15) is 4.79 Å². The van der Waals surface area contributed by atoms with E-state index in [2.05, 4.69) is 4.98 Å². The molecule has 0 spiro atoms. The number of hydrogen-bond donors (Lipinski definition) is 0. The first-order chi connectivity index (χ1) is 9.74. The average Bonchev–Trinajstić information content (AvgIpc) is 2.49. The van der Waals surface area contributed by atoms with Crippen LogP contribution in [0.3, 0.4) is 0 Å². The smallest absolute Gasteiger partial charge is 0.169 e. The van der Waals surface area contributed by atoms with E-state index < -0.39 is 0 Å². The van der Waals surface area contributed by atoms with Crippen molar-refractivity contribution in [1.82, 2.24) is 4.98 Å². The van der Waals surface area contributed by atoms with Crippen LogP contribution in [-0.2, 0) is 6.42 Å². The summed E-state index contributed by atoms with van der Waals surface area (Å²) in [4.78, 5) is 16.6. The van der Waals surface area contributed by atoms with Gasteiger partial charge in [-0.05, 0) is 23.1 Å². The van der Waals surface area contributed by atoms with Gasteiger partial charge in [-0.15, -0.1) is 0 Å². The third-order valence-electron chi connectivity index (χ3n) is 3.25. The van der Waals surface area contributed by atoms with Gasteiger partial charge in [-0.1, -0.05) is 48.0 Å². The average molecular weight is 282 g/mol. The van der Waals surface area contributed by atoms with Crippen LogP contribution in [0, 0.1) is 0 Å². The summed E-state index contributed by atoms with van der Waals surface area (Å²) in [6.45, 7) is 0. The van der Waals surface area contributed by atoms with Crippen molar-refractivity contribution in [3.05, 3.63) is 77.1 Å². The van der Waals surface area contributed by atoms with Gasteiger partial charge in [0.15, 0.2) is 5.78 Å².